The van der Waals surface area contributed by atoms with Crippen LogP contribution < -0.4 is 0 Å². The Balaban J connectivity index is 2.20. The highest BCUT2D eigenvalue weighted by Gasteiger charge is 2.24. The molecule has 1 saturated heterocycles. The molecule has 1 heterocycles. The molecule has 0 aromatic heterocycles. The maximum Gasteiger partial charge on any atom is 0.151 e. The Labute approximate surface area is 31.3 Å². The third-order valence-corrected chi connectivity index (χ3v) is 0.785. The van der Waals surface area contributed by atoms with Crippen LogP contribution in [0.3, 0.4) is 0 Å². The third-order valence-electron chi connectivity index (χ3n) is 0.785. The average Bonchev–Trinajstić information content (AvgIpc) is 1.79. The van der Waals surface area contributed by atoms with Crippen molar-refractivity contribution < 1.29 is 4.84 Å². The molecule has 2 unspecified atom stereocenters. The van der Waals surface area contributed by atoms with Gasteiger partial charge in [-0.2, -0.15) is 5.06 Å². The van der Waals surface area contributed by atoms with Gasteiger partial charge in [0, 0.05) is 7.05 Å². The lowest BCUT2D eigenvalue weighted by atomic mass is 10.7. The molecule has 0 amide bonds. The second-order valence-electron chi connectivity index (χ2n) is 1.25. The average molecular weight is 73.1 g/mol. The van der Waals surface area contributed by atoms with Crippen LogP contribution in [0.1, 0.15) is 6.92 Å². The van der Waals surface area contributed by atoms with Crippen LogP contribution in [0.5, 0.6) is 0 Å². The Bertz CT molecular complexity index is 40.2. The molecule has 0 N–H and O–H groups in total. The summed E-state index contributed by atoms with van der Waals surface area (Å²) in [7, 11) is 1.91. The minimum Gasteiger partial charge on any atom is -0.276 e. The van der Waals surface area contributed by atoms with Crippen LogP contribution in [0, 0.1) is 0 Å². The summed E-state index contributed by atoms with van der Waals surface area (Å²) >= 11 is 0. The highest BCUT2D eigenvalue weighted by Crippen LogP contribution is 2.12. The number of hydrogen-bond donors (Lipinski definition) is 0. The fraction of sp³-hybridized carbons (Fsp3) is 1.00. The van der Waals surface area contributed by atoms with E-state index in [1.165, 1.54) is 0 Å². The quantitative estimate of drug-likeness (QED) is 0.381. The van der Waals surface area contributed by atoms with E-state index in [-0.39, 0.29) is 0 Å². The molecule has 0 aromatic carbocycles. The Kier molecular flexibility index (Phi) is 0.436. The molecule has 2 heteroatoms. The molecule has 0 radical (unpaired) electrons. The van der Waals surface area contributed by atoms with Crippen LogP contribution in [0.15, 0.2) is 0 Å². The summed E-state index contributed by atoms with van der Waals surface area (Å²) in [4.78, 5) is 4.75. The van der Waals surface area contributed by atoms with E-state index in [9.17, 15) is 0 Å². The van der Waals surface area contributed by atoms with Gasteiger partial charge in [-0.25, -0.2) is 0 Å². The molecule has 0 saturated carbocycles. The molecule has 0 aromatic rings. The Morgan fingerprint density at radius 3 is 2.00 bits per heavy atom. The van der Waals surface area contributed by atoms with Gasteiger partial charge in [0.25, 0.3) is 0 Å². The van der Waals surface area contributed by atoms with Crippen LogP contribution in [0.25, 0.3) is 0 Å². The summed E-state index contributed by atoms with van der Waals surface area (Å²) < 4.78 is 0. The van der Waals surface area contributed by atoms with Crippen molar-refractivity contribution in [2.45, 2.75) is 13.2 Å². The molecule has 1 fully saturated rings. The zero-order chi connectivity index (χ0) is 3.86. The predicted octanol–water partition coefficient (Wildman–Crippen LogP) is 0.209. The summed E-state index contributed by atoms with van der Waals surface area (Å²) in [6, 6.07) is 0. The van der Waals surface area contributed by atoms with Crippen molar-refractivity contribution in [3.05, 3.63) is 0 Å². The molecule has 1 aliphatic heterocycles. The van der Waals surface area contributed by atoms with E-state index in [1.807, 2.05) is 14.0 Å². The first-order chi connectivity index (χ1) is 2.30. The minimum absolute atomic E-state index is 0.384. The Hall–Kier alpha value is -0.0800. The lowest BCUT2D eigenvalue weighted by Crippen LogP contribution is -1.83. The van der Waals surface area contributed by atoms with Crippen molar-refractivity contribution in [3.8, 4) is 0 Å². The highest BCUT2D eigenvalue weighted by atomic mass is 16.8. The lowest BCUT2D eigenvalue weighted by molar-refractivity contribution is 0.234. The first kappa shape index (κ1) is 3.12. The monoisotopic (exact) mass is 73.1 g/mol. The van der Waals surface area contributed by atoms with E-state index >= 15 is 0 Å². The molecule has 0 bridgehead atoms. The van der Waals surface area contributed by atoms with Crippen LogP contribution >= 0.6 is 0 Å². The lowest BCUT2D eigenvalue weighted by Gasteiger charge is -1.65. The van der Waals surface area contributed by atoms with Crippen molar-refractivity contribution in [2.75, 3.05) is 7.05 Å². The van der Waals surface area contributed by atoms with Crippen molar-refractivity contribution >= 4 is 0 Å². The molecule has 5 heavy (non-hydrogen) atoms. The molecular formula is C3H7NO. The van der Waals surface area contributed by atoms with E-state index in [0.29, 0.717) is 6.23 Å². The van der Waals surface area contributed by atoms with Gasteiger partial charge in [-0.3, -0.25) is 4.84 Å². The van der Waals surface area contributed by atoms with Gasteiger partial charge < -0.3 is 0 Å². The molecule has 2 nitrogen and oxygen atoms in total. The van der Waals surface area contributed by atoms with Crippen LogP contribution in [0.4, 0.5) is 0 Å². The van der Waals surface area contributed by atoms with Gasteiger partial charge in [-0.1, -0.05) is 0 Å². The SMILES string of the molecule is CC1ON1C. The van der Waals surface area contributed by atoms with Gasteiger partial charge in [0.15, 0.2) is 6.23 Å². The number of rotatable bonds is 0. The standard InChI is InChI=1S/C3H7NO/c1-3-4(2)5-3/h3H,1-2H3. The van der Waals surface area contributed by atoms with Gasteiger partial charge in [-0.05, 0) is 6.92 Å². The fourth-order valence-electron chi connectivity index (χ4n) is 0.213. The van der Waals surface area contributed by atoms with Crippen molar-refractivity contribution in [1.82, 2.24) is 5.06 Å². The number of nitrogens with zero attached hydrogens (tertiary/aromatic N) is 1. The molecule has 1 aliphatic rings. The Morgan fingerprint density at radius 2 is 2.00 bits per heavy atom. The fourth-order valence-corrected chi connectivity index (χ4v) is 0.213. The van der Waals surface area contributed by atoms with Gasteiger partial charge >= 0.3 is 0 Å². The smallest absolute Gasteiger partial charge is 0.151 e. The van der Waals surface area contributed by atoms with Gasteiger partial charge in [0.2, 0.25) is 0 Å². The first-order valence-corrected chi connectivity index (χ1v) is 1.70. The normalized spacial score (nSPS) is 49.2. The van der Waals surface area contributed by atoms with Gasteiger partial charge in [0.05, 0.1) is 0 Å². The second kappa shape index (κ2) is 0.698. The first-order valence-electron chi connectivity index (χ1n) is 1.70. The number of hydrogen-bond acceptors (Lipinski definition) is 2. The van der Waals surface area contributed by atoms with Gasteiger partial charge in [0.1, 0.15) is 0 Å². The van der Waals surface area contributed by atoms with Crippen LogP contribution in [0.2, 0.25) is 0 Å². The zero-order valence-corrected chi connectivity index (χ0v) is 3.43. The summed E-state index contributed by atoms with van der Waals surface area (Å²) in [6.45, 7) is 2.00. The second-order valence-corrected chi connectivity index (χ2v) is 1.25. The highest BCUT2D eigenvalue weighted by molar-refractivity contribution is 4.48. The molecule has 0 aliphatic carbocycles. The third kappa shape index (κ3) is 0.412. The van der Waals surface area contributed by atoms with Crippen molar-refractivity contribution in [1.29, 1.82) is 0 Å². The maximum absolute atomic E-state index is 4.75. The largest absolute Gasteiger partial charge is 0.276 e. The van der Waals surface area contributed by atoms with E-state index in [1.54, 1.807) is 5.06 Å². The number of hydroxylamine groups is 2. The van der Waals surface area contributed by atoms with Crippen LogP contribution in [-0.2, 0) is 4.84 Å². The summed E-state index contributed by atoms with van der Waals surface area (Å²) in [6.07, 6.45) is 0.384. The van der Waals surface area contributed by atoms with E-state index in [0.717, 1.165) is 0 Å². The molecule has 2 atom stereocenters. The minimum atomic E-state index is 0.384. The molecule has 30 valence electrons. The molecule has 0 spiro atoms. The Morgan fingerprint density at radius 1 is 1.80 bits per heavy atom. The maximum atomic E-state index is 4.75. The van der Waals surface area contributed by atoms with Gasteiger partial charge in [-0.15, -0.1) is 0 Å². The summed E-state index contributed by atoms with van der Waals surface area (Å²) in [5, 5.41) is 1.79. The van der Waals surface area contributed by atoms with Crippen molar-refractivity contribution in [3.63, 3.8) is 0 Å². The zero-order valence-electron chi connectivity index (χ0n) is 3.43. The van der Waals surface area contributed by atoms with Crippen molar-refractivity contribution in [2.24, 2.45) is 0 Å². The van der Waals surface area contributed by atoms with E-state index in [4.69, 9.17) is 4.84 Å². The summed E-state index contributed by atoms with van der Waals surface area (Å²) in [5.74, 6) is 0. The van der Waals surface area contributed by atoms with E-state index < -0.39 is 0 Å². The molecular weight excluding hydrogens is 66.0 g/mol. The topological polar surface area (TPSA) is 15.5 Å². The summed E-state index contributed by atoms with van der Waals surface area (Å²) in [5.41, 5.74) is 0. The van der Waals surface area contributed by atoms with Crippen LogP contribution in [-0.4, -0.2) is 18.3 Å². The predicted molar refractivity (Wildman–Crippen MR) is 18.3 cm³/mol. The molecule has 1 rings (SSSR count). The van der Waals surface area contributed by atoms with E-state index in [2.05, 4.69) is 0 Å².